The van der Waals surface area contributed by atoms with Gasteiger partial charge in [0.2, 0.25) is 0 Å². The summed E-state index contributed by atoms with van der Waals surface area (Å²) >= 11 is -2.19. The van der Waals surface area contributed by atoms with Crippen LogP contribution in [0, 0.1) is 0 Å². The molecule has 3 rings (SSSR count). The Hall–Kier alpha value is -2.56. The maximum atomic E-state index is 13.0. The van der Waals surface area contributed by atoms with Crippen LogP contribution in [0.3, 0.4) is 0 Å². The second-order valence-corrected chi connectivity index (χ2v) is 8.35. The summed E-state index contributed by atoms with van der Waals surface area (Å²) in [5.41, 5.74) is 1.13. The number of aromatic amines is 1. The molecule has 0 aliphatic heterocycles. The zero-order valence-corrected chi connectivity index (χ0v) is 19.1. The third-order valence-corrected chi connectivity index (χ3v) is 5.81. The summed E-state index contributed by atoms with van der Waals surface area (Å²) in [5.74, 6) is 0.758. The summed E-state index contributed by atoms with van der Waals surface area (Å²) < 4.78 is 26.6. The van der Waals surface area contributed by atoms with Crippen molar-refractivity contribution >= 4 is 22.5 Å². The fourth-order valence-corrected chi connectivity index (χ4v) is 4.09. The topological polar surface area (TPSA) is 119 Å². The van der Waals surface area contributed by atoms with E-state index in [1.165, 1.54) is 4.57 Å². The number of H-pyrrole nitrogens is 1. The summed E-state index contributed by atoms with van der Waals surface area (Å²) in [6.45, 7) is 3.19. The van der Waals surface area contributed by atoms with E-state index in [0.29, 0.717) is 30.7 Å². The van der Waals surface area contributed by atoms with Crippen molar-refractivity contribution in [3.63, 3.8) is 0 Å². The Labute approximate surface area is 188 Å². The molecule has 1 atom stereocenters. The number of imidazole rings is 1. The molecule has 1 aromatic carbocycles. The van der Waals surface area contributed by atoms with E-state index in [4.69, 9.17) is 4.55 Å². The van der Waals surface area contributed by atoms with Crippen molar-refractivity contribution in [3.05, 3.63) is 62.6 Å². The van der Waals surface area contributed by atoms with E-state index in [0.717, 1.165) is 49.9 Å². The normalized spacial score (nSPS) is 12.4. The molecule has 2 N–H and O–H groups in total. The molecule has 0 spiro atoms. The molecular formula is C22H30N4O5S. The molecule has 2 aromatic heterocycles. The smallest absolute Gasteiger partial charge is 0.314 e. The fourth-order valence-electron chi connectivity index (χ4n) is 3.83. The highest BCUT2D eigenvalue weighted by Crippen LogP contribution is 2.14. The molecule has 0 amide bonds. The average molecular weight is 463 g/mol. The SMILES string of the molecule is CCn1c(Cc2ccccc2)nc2c(=O)n(CCCCCCCCOS(=O)O)c(=O)[nH]c21. The van der Waals surface area contributed by atoms with E-state index >= 15 is 0 Å². The van der Waals surface area contributed by atoms with Gasteiger partial charge in [-0.15, -0.1) is 0 Å². The molecule has 0 bridgehead atoms. The van der Waals surface area contributed by atoms with Gasteiger partial charge >= 0.3 is 17.1 Å². The number of unbranched alkanes of at least 4 members (excludes halogenated alkanes) is 5. The number of nitrogens with zero attached hydrogens (tertiary/aromatic N) is 3. The molecule has 0 saturated carbocycles. The first kappa shape index (κ1) is 24.1. The number of aromatic nitrogens is 4. The maximum absolute atomic E-state index is 13.0. The van der Waals surface area contributed by atoms with E-state index < -0.39 is 17.1 Å². The quantitative estimate of drug-likeness (QED) is 0.298. The van der Waals surface area contributed by atoms with Crippen LogP contribution in [0.1, 0.15) is 56.8 Å². The lowest BCUT2D eigenvalue weighted by Gasteiger charge is -2.07. The predicted octanol–water partition coefficient (Wildman–Crippen LogP) is 2.99. The van der Waals surface area contributed by atoms with Gasteiger partial charge in [-0.05, 0) is 25.3 Å². The highest BCUT2D eigenvalue weighted by molar-refractivity contribution is 7.74. The molecule has 10 heteroatoms. The Balaban J connectivity index is 1.63. The standard InChI is InChI=1S/C22H30N4O5S/c1-2-25-18(16-17-12-8-7-9-13-17)23-19-20(25)24-22(28)26(21(19)27)14-10-5-3-4-6-11-15-31-32(29)30/h7-9,12-13H,2-6,10-11,14-16H2,1H3,(H,24,28)(H,29,30). The average Bonchev–Trinajstić information content (AvgIpc) is 3.12. The molecule has 0 radical (unpaired) electrons. The Morgan fingerprint density at radius 2 is 1.72 bits per heavy atom. The van der Waals surface area contributed by atoms with Crippen molar-refractivity contribution in [1.29, 1.82) is 0 Å². The van der Waals surface area contributed by atoms with Crippen molar-refractivity contribution in [1.82, 2.24) is 19.1 Å². The third kappa shape index (κ3) is 6.24. The van der Waals surface area contributed by atoms with Gasteiger partial charge in [0.15, 0.2) is 5.52 Å². The number of hydrogen-bond acceptors (Lipinski definition) is 5. The monoisotopic (exact) mass is 462 g/mol. The highest BCUT2D eigenvalue weighted by Gasteiger charge is 2.16. The summed E-state index contributed by atoms with van der Waals surface area (Å²) in [4.78, 5) is 33.0. The van der Waals surface area contributed by atoms with Gasteiger partial charge in [0.05, 0.1) is 6.61 Å². The van der Waals surface area contributed by atoms with E-state index in [2.05, 4.69) is 14.2 Å². The highest BCUT2D eigenvalue weighted by atomic mass is 32.2. The largest absolute Gasteiger partial charge is 0.330 e. The zero-order chi connectivity index (χ0) is 22.9. The van der Waals surface area contributed by atoms with Crippen molar-refractivity contribution in [2.75, 3.05) is 6.61 Å². The van der Waals surface area contributed by atoms with Crippen molar-refractivity contribution < 1.29 is 12.9 Å². The Morgan fingerprint density at radius 1 is 1.03 bits per heavy atom. The molecule has 2 heterocycles. The Morgan fingerprint density at radius 3 is 2.41 bits per heavy atom. The molecule has 0 fully saturated rings. The zero-order valence-electron chi connectivity index (χ0n) is 18.3. The van der Waals surface area contributed by atoms with Crippen molar-refractivity contribution in [2.24, 2.45) is 0 Å². The number of aryl methyl sites for hydroxylation is 1. The Kier molecular flexibility index (Phi) is 8.95. The number of benzene rings is 1. The van der Waals surface area contributed by atoms with E-state index in [1.54, 1.807) is 0 Å². The summed E-state index contributed by atoms with van der Waals surface area (Å²) in [6.07, 6.45) is 5.76. The first-order valence-corrected chi connectivity index (χ1v) is 12.0. The number of hydrogen-bond donors (Lipinski definition) is 2. The van der Waals surface area contributed by atoms with Crippen LogP contribution in [-0.2, 0) is 35.1 Å². The summed E-state index contributed by atoms with van der Waals surface area (Å²) in [6, 6.07) is 9.92. The Bertz CT molecular complexity index is 1150. The number of fused-ring (bicyclic) bond motifs is 1. The van der Waals surface area contributed by atoms with Crippen LogP contribution >= 0.6 is 0 Å². The van der Waals surface area contributed by atoms with Crippen LogP contribution in [-0.4, -0.2) is 34.5 Å². The summed E-state index contributed by atoms with van der Waals surface area (Å²) in [5, 5.41) is 0. The van der Waals surface area contributed by atoms with Crippen LogP contribution in [0.5, 0.6) is 0 Å². The van der Waals surface area contributed by atoms with Gasteiger partial charge in [-0.25, -0.2) is 9.78 Å². The molecule has 174 valence electrons. The van der Waals surface area contributed by atoms with E-state index in [9.17, 15) is 13.8 Å². The second kappa shape index (κ2) is 11.9. The van der Waals surface area contributed by atoms with Crippen LogP contribution in [0.25, 0.3) is 11.2 Å². The van der Waals surface area contributed by atoms with Crippen molar-refractivity contribution in [2.45, 2.75) is 65.0 Å². The maximum Gasteiger partial charge on any atom is 0.330 e. The van der Waals surface area contributed by atoms with Gasteiger partial charge < -0.3 is 4.57 Å². The minimum Gasteiger partial charge on any atom is -0.314 e. The second-order valence-electron chi connectivity index (χ2n) is 7.68. The molecule has 0 aliphatic rings. The predicted molar refractivity (Wildman–Crippen MR) is 124 cm³/mol. The van der Waals surface area contributed by atoms with Gasteiger partial charge in [-0.2, -0.15) is 4.21 Å². The fraction of sp³-hybridized carbons (Fsp3) is 0.500. The minimum absolute atomic E-state index is 0.268. The lowest BCUT2D eigenvalue weighted by atomic mass is 10.1. The number of nitrogens with one attached hydrogen (secondary N) is 1. The lowest BCUT2D eigenvalue weighted by Crippen LogP contribution is -2.35. The third-order valence-electron chi connectivity index (χ3n) is 5.45. The molecule has 32 heavy (non-hydrogen) atoms. The molecule has 0 saturated heterocycles. The van der Waals surface area contributed by atoms with Gasteiger partial charge in [0, 0.05) is 19.5 Å². The van der Waals surface area contributed by atoms with Gasteiger partial charge in [-0.1, -0.05) is 56.0 Å². The molecule has 9 nitrogen and oxygen atoms in total. The molecular weight excluding hydrogens is 432 g/mol. The van der Waals surface area contributed by atoms with Gasteiger partial charge in [0.1, 0.15) is 11.5 Å². The van der Waals surface area contributed by atoms with Gasteiger partial charge in [-0.3, -0.25) is 23.1 Å². The first-order valence-electron chi connectivity index (χ1n) is 11.0. The van der Waals surface area contributed by atoms with Crippen LogP contribution < -0.4 is 11.2 Å². The summed E-state index contributed by atoms with van der Waals surface area (Å²) in [7, 11) is 0. The minimum atomic E-state index is -2.19. The van der Waals surface area contributed by atoms with Crippen LogP contribution in [0.4, 0.5) is 0 Å². The lowest BCUT2D eigenvalue weighted by molar-refractivity contribution is 0.296. The molecule has 1 unspecified atom stereocenters. The van der Waals surface area contributed by atoms with E-state index in [-0.39, 0.29) is 12.2 Å². The first-order chi connectivity index (χ1) is 15.5. The molecule has 3 aromatic rings. The van der Waals surface area contributed by atoms with E-state index in [1.807, 2.05) is 41.8 Å². The van der Waals surface area contributed by atoms with Crippen LogP contribution in [0.2, 0.25) is 0 Å². The van der Waals surface area contributed by atoms with Crippen molar-refractivity contribution in [3.8, 4) is 0 Å². The van der Waals surface area contributed by atoms with Gasteiger partial charge in [0.25, 0.3) is 5.56 Å². The molecule has 0 aliphatic carbocycles. The van der Waals surface area contributed by atoms with Crippen LogP contribution in [0.15, 0.2) is 39.9 Å². The number of rotatable bonds is 13.